The van der Waals surface area contributed by atoms with Gasteiger partial charge in [0.05, 0.1) is 12.4 Å². The van der Waals surface area contributed by atoms with Gasteiger partial charge in [-0.05, 0) is 31.4 Å². The molecule has 0 radical (unpaired) electrons. The van der Waals surface area contributed by atoms with Crippen molar-refractivity contribution in [1.82, 2.24) is 9.97 Å². The lowest BCUT2D eigenvalue weighted by Gasteiger charge is -2.19. The molecule has 1 amide bonds. The molecule has 5 heteroatoms. The zero-order valence-corrected chi connectivity index (χ0v) is 14.2. The predicted molar refractivity (Wildman–Crippen MR) is 94.1 cm³/mol. The average molecular weight is 312 g/mol. The number of nitrogens with zero attached hydrogens (tertiary/aromatic N) is 3. The second-order valence-corrected chi connectivity index (χ2v) is 5.63. The van der Waals surface area contributed by atoms with Gasteiger partial charge in [0.15, 0.2) is 0 Å². The van der Waals surface area contributed by atoms with Gasteiger partial charge in [-0.1, -0.05) is 32.0 Å². The van der Waals surface area contributed by atoms with Crippen LogP contribution in [0.4, 0.5) is 11.5 Å². The van der Waals surface area contributed by atoms with Crippen molar-refractivity contribution in [2.24, 2.45) is 0 Å². The van der Waals surface area contributed by atoms with E-state index in [9.17, 15) is 4.79 Å². The van der Waals surface area contributed by atoms with Crippen LogP contribution < -0.4 is 10.2 Å². The van der Waals surface area contributed by atoms with Crippen LogP contribution >= 0.6 is 0 Å². The number of hydrogen-bond acceptors (Lipinski definition) is 4. The molecule has 1 aromatic heterocycles. The van der Waals surface area contributed by atoms with Crippen molar-refractivity contribution in [3.8, 4) is 0 Å². The third-order valence-corrected chi connectivity index (χ3v) is 3.79. The van der Waals surface area contributed by atoms with Crippen LogP contribution in [0.5, 0.6) is 0 Å². The molecule has 0 saturated heterocycles. The molecule has 0 fully saturated rings. The summed E-state index contributed by atoms with van der Waals surface area (Å²) in [6.45, 7) is 10.0. The lowest BCUT2D eigenvalue weighted by molar-refractivity contribution is 0.102. The smallest absolute Gasteiger partial charge is 0.275 e. The molecule has 2 rings (SSSR count). The first-order valence-electron chi connectivity index (χ1n) is 8.04. The molecule has 0 unspecified atom stereocenters. The van der Waals surface area contributed by atoms with E-state index in [1.54, 1.807) is 6.20 Å². The van der Waals surface area contributed by atoms with E-state index in [1.807, 2.05) is 24.3 Å². The minimum absolute atomic E-state index is 0.239. The van der Waals surface area contributed by atoms with Crippen molar-refractivity contribution in [2.75, 3.05) is 23.3 Å². The highest BCUT2D eigenvalue weighted by molar-refractivity contribution is 6.03. The zero-order valence-electron chi connectivity index (χ0n) is 14.2. The maximum atomic E-state index is 12.4. The molecule has 0 bridgehead atoms. The Hall–Kier alpha value is -2.43. The summed E-state index contributed by atoms with van der Waals surface area (Å²) >= 11 is 0. The van der Waals surface area contributed by atoms with Crippen molar-refractivity contribution in [3.63, 3.8) is 0 Å². The third-order valence-electron chi connectivity index (χ3n) is 3.79. The normalized spacial score (nSPS) is 10.7. The summed E-state index contributed by atoms with van der Waals surface area (Å²) in [4.78, 5) is 23.1. The Morgan fingerprint density at radius 3 is 2.39 bits per heavy atom. The first kappa shape index (κ1) is 16.9. The average Bonchev–Trinajstić information content (AvgIpc) is 2.57. The fraction of sp³-hybridized carbons (Fsp3) is 0.389. The Morgan fingerprint density at radius 2 is 1.83 bits per heavy atom. The van der Waals surface area contributed by atoms with E-state index in [4.69, 9.17) is 0 Å². The highest BCUT2D eigenvalue weighted by Crippen LogP contribution is 2.24. The fourth-order valence-electron chi connectivity index (χ4n) is 2.45. The summed E-state index contributed by atoms with van der Waals surface area (Å²) in [5.74, 6) is 0.883. The first-order valence-corrected chi connectivity index (χ1v) is 8.04. The number of para-hydroxylation sites is 1. The Labute approximate surface area is 137 Å². The standard InChI is InChI=1S/C18H24N4O/c1-5-22(6-2)17-12-19-16(11-20-17)18(23)21-15-10-8-7-9-14(15)13(3)4/h7-13H,5-6H2,1-4H3,(H,21,23). The molecule has 2 aromatic rings. The fourth-order valence-corrected chi connectivity index (χ4v) is 2.45. The number of rotatable bonds is 6. The number of hydrogen-bond donors (Lipinski definition) is 1. The van der Waals surface area contributed by atoms with Gasteiger partial charge < -0.3 is 10.2 Å². The van der Waals surface area contributed by atoms with Gasteiger partial charge in [0, 0.05) is 18.8 Å². The predicted octanol–water partition coefficient (Wildman–Crippen LogP) is 3.70. The molecule has 0 aliphatic heterocycles. The number of amides is 1. The van der Waals surface area contributed by atoms with Crippen molar-refractivity contribution < 1.29 is 4.79 Å². The van der Waals surface area contributed by atoms with E-state index in [1.165, 1.54) is 6.20 Å². The number of benzene rings is 1. The van der Waals surface area contributed by atoms with Gasteiger partial charge in [-0.2, -0.15) is 0 Å². The maximum Gasteiger partial charge on any atom is 0.275 e. The van der Waals surface area contributed by atoms with E-state index in [2.05, 4.69) is 47.9 Å². The minimum atomic E-state index is -0.239. The van der Waals surface area contributed by atoms with Crippen LogP contribution in [0.1, 0.15) is 49.7 Å². The number of carbonyl (C=O) groups excluding carboxylic acids is 1. The summed E-state index contributed by atoms with van der Waals surface area (Å²) < 4.78 is 0. The molecule has 0 spiro atoms. The zero-order chi connectivity index (χ0) is 16.8. The van der Waals surface area contributed by atoms with Gasteiger partial charge in [-0.25, -0.2) is 9.97 Å². The summed E-state index contributed by atoms with van der Waals surface area (Å²) in [6.07, 6.45) is 3.18. The molecule has 0 aliphatic carbocycles. The molecule has 0 saturated carbocycles. The van der Waals surface area contributed by atoms with Gasteiger partial charge in [-0.15, -0.1) is 0 Å². The molecule has 1 aromatic carbocycles. The monoisotopic (exact) mass is 312 g/mol. The van der Waals surface area contributed by atoms with Gasteiger partial charge in [0.1, 0.15) is 11.5 Å². The van der Waals surface area contributed by atoms with Crippen LogP contribution in [0.2, 0.25) is 0 Å². The van der Waals surface area contributed by atoms with E-state index in [-0.39, 0.29) is 5.91 Å². The van der Waals surface area contributed by atoms with Crippen LogP contribution in [0, 0.1) is 0 Å². The number of aromatic nitrogens is 2. The van der Waals surface area contributed by atoms with Gasteiger partial charge in [0.25, 0.3) is 5.91 Å². The molecule has 23 heavy (non-hydrogen) atoms. The van der Waals surface area contributed by atoms with Crippen LogP contribution in [0.3, 0.4) is 0 Å². The first-order chi connectivity index (χ1) is 11.1. The lowest BCUT2D eigenvalue weighted by Crippen LogP contribution is -2.24. The quantitative estimate of drug-likeness (QED) is 0.883. The Morgan fingerprint density at radius 1 is 1.13 bits per heavy atom. The van der Waals surface area contributed by atoms with Gasteiger partial charge >= 0.3 is 0 Å². The second kappa shape index (κ2) is 7.72. The molecule has 1 N–H and O–H groups in total. The van der Waals surface area contributed by atoms with E-state index in [0.29, 0.717) is 11.6 Å². The molecule has 0 aliphatic rings. The highest BCUT2D eigenvalue weighted by atomic mass is 16.1. The van der Waals surface area contributed by atoms with Gasteiger partial charge in [-0.3, -0.25) is 4.79 Å². The molecular formula is C18H24N4O. The second-order valence-electron chi connectivity index (χ2n) is 5.63. The van der Waals surface area contributed by atoms with Gasteiger partial charge in [0.2, 0.25) is 0 Å². The number of anilines is 2. The van der Waals surface area contributed by atoms with E-state index >= 15 is 0 Å². The largest absolute Gasteiger partial charge is 0.356 e. The number of nitrogens with one attached hydrogen (secondary N) is 1. The number of carbonyl (C=O) groups is 1. The van der Waals surface area contributed by atoms with Crippen molar-refractivity contribution >= 4 is 17.4 Å². The Bertz CT molecular complexity index is 648. The molecular weight excluding hydrogens is 288 g/mol. The molecule has 0 atom stereocenters. The topological polar surface area (TPSA) is 58.1 Å². The summed E-state index contributed by atoms with van der Waals surface area (Å²) in [5.41, 5.74) is 2.25. The molecule has 122 valence electrons. The molecule has 1 heterocycles. The summed E-state index contributed by atoms with van der Waals surface area (Å²) in [6, 6.07) is 7.82. The van der Waals surface area contributed by atoms with Crippen LogP contribution in [-0.4, -0.2) is 29.0 Å². The Kier molecular flexibility index (Phi) is 5.68. The van der Waals surface area contributed by atoms with E-state index in [0.717, 1.165) is 30.2 Å². The maximum absolute atomic E-state index is 12.4. The SMILES string of the molecule is CCN(CC)c1cnc(C(=O)Nc2ccccc2C(C)C)cn1. The van der Waals surface area contributed by atoms with Crippen LogP contribution in [0.15, 0.2) is 36.7 Å². The Balaban J connectivity index is 2.15. The summed E-state index contributed by atoms with van der Waals surface area (Å²) in [5, 5.41) is 2.93. The van der Waals surface area contributed by atoms with Crippen molar-refractivity contribution in [3.05, 3.63) is 47.9 Å². The third kappa shape index (κ3) is 4.06. The highest BCUT2D eigenvalue weighted by Gasteiger charge is 2.13. The summed E-state index contributed by atoms with van der Waals surface area (Å²) in [7, 11) is 0. The van der Waals surface area contributed by atoms with Crippen LogP contribution in [0.25, 0.3) is 0 Å². The molecule has 5 nitrogen and oxygen atoms in total. The van der Waals surface area contributed by atoms with E-state index < -0.39 is 0 Å². The lowest BCUT2D eigenvalue weighted by atomic mass is 10.0. The van der Waals surface area contributed by atoms with Crippen molar-refractivity contribution in [1.29, 1.82) is 0 Å². The van der Waals surface area contributed by atoms with Crippen molar-refractivity contribution in [2.45, 2.75) is 33.6 Å². The minimum Gasteiger partial charge on any atom is -0.356 e. The van der Waals surface area contributed by atoms with Crippen LogP contribution in [-0.2, 0) is 0 Å².